The molecular formula is C24H34N8O2. The van der Waals surface area contributed by atoms with E-state index in [9.17, 15) is 0 Å². The third-order valence-corrected chi connectivity index (χ3v) is 6.16. The van der Waals surface area contributed by atoms with E-state index >= 15 is 0 Å². The normalized spacial score (nSPS) is 21.2. The molecular weight excluding hydrogens is 432 g/mol. The molecule has 0 spiro atoms. The Hall–Kier alpha value is -2.81. The van der Waals surface area contributed by atoms with Gasteiger partial charge in [0.1, 0.15) is 17.6 Å². The van der Waals surface area contributed by atoms with Crippen LogP contribution in [0.15, 0.2) is 30.6 Å². The first-order chi connectivity index (χ1) is 16.5. The molecule has 2 atom stereocenters. The van der Waals surface area contributed by atoms with Gasteiger partial charge in [-0.2, -0.15) is 5.26 Å². The maximum atomic E-state index is 8.87. The molecule has 10 heteroatoms. The maximum absolute atomic E-state index is 8.87. The summed E-state index contributed by atoms with van der Waals surface area (Å²) in [6.45, 7) is 9.85. The van der Waals surface area contributed by atoms with Gasteiger partial charge in [-0.15, -0.1) is 0 Å². The van der Waals surface area contributed by atoms with E-state index in [1.807, 2.05) is 6.07 Å². The second kappa shape index (κ2) is 11.1. The quantitative estimate of drug-likeness (QED) is 0.433. The minimum absolute atomic E-state index is 0.00655. The molecule has 0 bridgehead atoms. The van der Waals surface area contributed by atoms with E-state index in [0.29, 0.717) is 11.5 Å². The zero-order valence-electron chi connectivity index (χ0n) is 20.1. The Morgan fingerprint density at radius 2 is 2.06 bits per heavy atom. The number of aromatic nitrogens is 2. The molecule has 10 nitrogen and oxygen atoms in total. The highest BCUT2D eigenvalue weighted by Gasteiger charge is 2.28. The Bertz CT molecular complexity index is 985. The summed E-state index contributed by atoms with van der Waals surface area (Å²) < 4.78 is 11.2. The van der Waals surface area contributed by atoms with Crippen molar-refractivity contribution in [3.05, 3.63) is 47.4 Å². The fourth-order valence-corrected chi connectivity index (χ4v) is 4.36. The molecule has 2 fully saturated rings. The van der Waals surface area contributed by atoms with Crippen LogP contribution in [0.2, 0.25) is 0 Å². The Morgan fingerprint density at radius 1 is 1.24 bits per heavy atom. The minimum atomic E-state index is -0.0285. The number of hydrogen-bond donors (Lipinski definition) is 4. The molecule has 0 aliphatic carbocycles. The largest absolute Gasteiger partial charge is 0.496 e. The van der Waals surface area contributed by atoms with Gasteiger partial charge >= 0.3 is 0 Å². The topological polar surface area (TPSA) is 119 Å². The molecule has 2 saturated heterocycles. The highest BCUT2D eigenvalue weighted by molar-refractivity contribution is 5.41. The number of benzene rings is 1. The summed E-state index contributed by atoms with van der Waals surface area (Å²) in [5, 5.41) is 15.9. The van der Waals surface area contributed by atoms with Gasteiger partial charge in [0, 0.05) is 43.7 Å². The number of hydrogen-bond acceptors (Lipinski definition) is 10. The van der Waals surface area contributed by atoms with Crippen molar-refractivity contribution in [1.82, 2.24) is 31.0 Å². The number of morpholine rings is 1. The summed E-state index contributed by atoms with van der Waals surface area (Å²) >= 11 is 0. The van der Waals surface area contributed by atoms with Crippen LogP contribution < -0.4 is 26.2 Å². The average Bonchev–Trinajstić information content (AvgIpc) is 3.31. The van der Waals surface area contributed by atoms with Crippen molar-refractivity contribution in [2.75, 3.05) is 45.3 Å². The van der Waals surface area contributed by atoms with Crippen LogP contribution in [0, 0.1) is 11.3 Å². The highest BCUT2D eigenvalue weighted by atomic mass is 16.5. The Labute approximate surface area is 201 Å². The smallest absolute Gasteiger partial charge is 0.158 e. The second-order valence-corrected chi connectivity index (χ2v) is 9.37. The highest BCUT2D eigenvalue weighted by Crippen LogP contribution is 2.31. The number of nitrogens with one attached hydrogen (secondary N) is 4. The van der Waals surface area contributed by atoms with Gasteiger partial charge in [-0.25, -0.2) is 20.8 Å². The Morgan fingerprint density at radius 3 is 2.76 bits per heavy atom. The molecule has 34 heavy (non-hydrogen) atoms. The van der Waals surface area contributed by atoms with Crippen LogP contribution in [0.3, 0.4) is 0 Å². The van der Waals surface area contributed by atoms with Crippen LogP contribution in [0.5, 0.6) is 5.75 Å². The third-order valence-electron chi connectivity index (χ3n) is 6.16. The lowest BCUT2D eigenvalue weighted by Gasteiger charge is -2.35. The predicted octanol–water partition coefficient (Wildman–Crippen LogP) is 1.53. The van der Waals surface area contributed by atoms with Crippen LogP contribution in [0.4, 0.5) is 5.82 Å². The van der Waals surface area contributed by atoms with Crippen molar-refractivity contribution in [3.63, 3.8) is 0 Å². The van der Waals surface area contributed by atoms with Crippen molar-refractivity contribution in [2.45, 2.75) is 44.6 Å². The Kier molecular flexibility index (Phi) is 7.92. The van der Waals surface area contributed by atoms with Crippen LogP contribution in [0.25, 0.3) is 0 Å². The fraction of sp³-hybridized carbons (Fsp3) is 0.542. The van der Waals surface area contributed by atoms with E-state index in [1.54, 1.807) is 13.3 Å². The molecule has 182 valence electrons. The molecule has 0 radical (unpaired) electrons. The van der Waals surface area contributed by atoms with Gasteiger partial charge in [-0.3, -0.25) is 4.90 Å². The number of hydrazine groups is 1. The van der Waals surface area contributed by atoms with Crippen molar-refractivity contribution >= 4 is 5.82 Å². The number of rotatable bonds is 9. The number of nitriles is 1. The number of methoxy groups -OCH3 is 1. The molecule has 2 unspecified atom stereocenters. The second-order valence-electron chi connectivity index (χ2n) is 9.37. The molecule has 2 aliphatic rings. The Balaban J connectivity index is 1.33. The monoisotopic (exact) mass is 466 g/mol. The molecule has 1 aromatic heterocycles. The number of ether oxygens (including phenoxy) is 2. The van der Waals surface area contributed by atoms with E-state index < -0.39 is 0 Å². The molecule has 2 aromatic rings. The molecule has 4 N–H and O–H groups in total. The molecule has 1 aromatic carbocycles. The van der Waals surface area contributed by atoms with Crippen LogP contribution in [-0.2, 0) is 11.3 Å². The lowest BCUT2D eigenvalue weighted by atomic mass is 10.00. The van der Waals surface area contributed by atoms with E-state index in [0.717, 1.165) is 57.1 Å². The maximum Gasteiger partial charge on any atom is 0.158 e. The van der Waals surface area contributed by atoms with Gasteiger partial charge in [-0.05, 0) is 25.5 Å². The van der Waals surface area contributed by atoms with E-state index in [1.165, 1.54) is 11.8 Å². The van der Waals surface area contributed by atoms with Gasteiger partial charge in [-0.1, -0.05) is 12.1 Å². The molecule has 0 saturated carbocycles. The standard InChI is InChI=1S/C24H34N8O2/c1-24(2,16-32-6-8-34-9-7-32)28-13-17-4-5-19(21(10-17)33-3)20-11-22(31-30-20)29-23-15-26-18(12-25)14-27-23/h4-5,10,14-15,20,22,28,30-31H,6-9,11,13,16H2,1-3H3,(H,27,29). The summed E-state index contributed by atoms with van der Waals surface area (Å²) in [6.07, 6.45) is 3.79. The van der Waals surface area contributed by atoms with E-state index in [4.69, 9.17) is 14.7 Å². The van der Waals surface area contributed by atoms with E-state index in [2.05, 4.69) is 68.4 Å². The minimum Gasteiger partial charge on any atom is -0.496 e. The van der Waals surface area contributed by atoms with E-state index in [-0.39, 0.29) is 17.7 Å². The SMILES string of the molecule is COc1cc(CNC(C)(C)CN2CCOCC2)ccc1C1CC(Nc2cnc(C#N)cn2)NN1. The molecule has 4 rings (SSSR count). The first-order valence-corrected chi connectivity index (χ1v) is 11.7. The summed E-state index contributed by atoms with van der Waals surface area (Å²) in [5.41, 5.74) is 9.17. The first kappa shape index (κ1) is 24.3. The fourth-order valence-electron chi connectivity index (χ4n) is 4.36. The van der Waals surface area contributed by atoms with Gasteiger partial charge in [0.05, 0.1) is 44.9 Å². The molecule has 0 amide bonds. The van der Waals surface area contributed by atoms with Crippen molar-refractivity contribution in [2.24, 2.45) is 0 Å². The van der Waals surface area contributed by atoms with Crippen molar-refractivity contribution < 1.29 is 9.47 Å². The zero-order chi connectivity index (χ0) is 24.0. The van der Waals surface area contributed by atoms with Crippen molar-refractivity contribution in [1.29, 1.82) is 5.26 Å². The van der Waals surface area contributed by atoms with Gasteiger partial charge in [0.15, 0.2) is 5.69 Å². The number of anilines is 1. The third kappa shape index (κ3) is 6.40. The van der Waals surface area contributed by atoms with Crippen molar-refractivity contribution in [3.8, 4) is 11.8 Å². The van der Waals surface area contributed by atoms with Crippen LogP contribution >= 0.6 is 0 Å². The predicted molar refractivity (Wildman–Crippen MR) is 129 cm³/mol. The summed E-state index contributed by atoms with van der Waals surface area (Å²) in [5.74, 6) is 1.48. The summed E-state index contributed by atoms with van der Waals surface area (Å²) in [6, 6.07) is 8.46. The van der Waals surface area contributed by atoms with Crippen LogP contribution in [-0.4, -0.2) is 66.5 Å². The zero-order valence-corrected chi connectivity index (χ0v) is 20.1. The molecule has 2 aliphatic heterocycles. The van der Waals surface area contributed by atoms with Gasteiger partial charge < -0.3 is 20.1 Å². The molecule has 3 heterocycles. The van der Waals surface area contributed by atoms with Crippen LogP contribution in [0.1, 0.15) is 43.1 Å². The average molecular weight is 467 g/mol. The lowest BCUT2D eigenvalue weighted by molar-refractivity contribution is 0.0269. The summed E-state index contributed by atoms with van der Waals surface area (Å²) in [4.78, 5) is 10.7. The first-order valence-electron chi connectivity index (χ1n) is 11.7. The van der Waals surface area contributed by atoms with Gasteiger partial charge in [0.2, 0.25) is 0 Å². The summed E-state index contributed by atoms with van der Waals surface area (Å²) in [7, 11) is 1.71. The number of nitrogens with zero attached hydrogens (tertiary/aromatic N) is 4. The lowest BCUT2D eigenvalue weighted by Crippen LogP contribution is -2.51. The van der Waals surface area contributed by atoms with Gasteiger partial charge in [0.25, 0.3) is 0 Å².